The van der Waals surface area contributed by atoms with Crippen LogP contribution < -0.4 is 9.73 Å². The van der Waals surface area contributed by atoms with E-state index in [0.717, 1.165) is 10.4 Å². The Morgan fingerprint density at radius 2 is 1.59 bits per heavy atom. The third-order valence-electron chi connectivity index (χ3n) is 5.32. The molecule has 1 aromatic heterocycles. The fourth-order valence-corrected chi connectivity index (χ4v) is 4.89. The van der Waals surface area contributed by atoms with Crippen molar-refractivity contribution in [2.24, 2.45) is 5.10 Å². The summed E-state index contributed by atoms with van der Waals surface area (Å²) in [4.78, 5) is 33.4. The van der Waals surface area contributed by atoms with Crippen molar-refractivity contribution in [2.45, 2.75) is 4.90 Å². The molecule has 0 unspecified atom stereocenters. The molecule has 1 amide bonds. The smallest absolute Gasteiger partial charge is 0.271 e. The summed E-state index contributed by atoms with van der Waals surface area (Å²) in [6.45, 7) is -0.720. The minimum atomic E-state index is -4.27. The largest absolute Gasteiger partial charge is 0.455 e. The second-order valence-electron chi connectivity index (χ2n) is 7.90. The number of hydrogen-bond acceptors (Lipinski definition) is 9. The maximum atomic E-state index is 13.3. The molecule has 0 aliphatic carbocycles. The number of carbonyl (C=O) groups is 1. The molecular formula is C25H19N5O8S. The minimum Gasteiger partial charge on any atom is -0.455 e. The molecule has 198 valence electrons. The first-order valence-corrected chi connectivity index (χ1v) is 12.6. The standard InChI is InChI=1S/C25H19N5O8S/c31-25(27-26-16-22-13-14-24(38-22)18-9-11-19(12-10-18)29(32)33)17-28(20-5-4-6-21(15-20)30(34)35)39(36,37)23-7-2-1-3-8-23/h1-16H,17H2,(H,27,31)/b26-16-. The lowest BCUT2D eigenvalue weighted by Gasteiger charge is -2.23. The molecule has 3 aromatic carbocycles. The van der Waals surface area contributed by atoms with Crippen LogP contribution in [0.5, 0.6) is 0 Å². The van der Waals surface area contributed by atoms with Gasteiger partial charge in [0.2, 0.25) is 0 Å². The maximum Gasteiger partial charge on any atom is 0.271 e. The summed E-state index contributed by atoms with van der Waals surface area (Å²) in [5.74, 6) is -0.168. The first kappa shape index (κ1) is 26.7. The highest BCUT2D eigenvalue weighted by Crippen LogP contribution is 2.27. The molecule has 0 aliphatic heterocycles. The number of nitro benzene ring substituents is 2. The van der Waals surface area contributed by atoms with Crippen LogP contribution in [0.15, 0.2) is 105 Å². The summed E-state index contributed by atoms with van der Waals surface area (Å²) in [7, 11) is -4.27. The number of hydrazone groups is 1. The molecule has 0 radical (unpaired) electrons. The molecule has 4 aromatic rings. The van der Waals surface area contributed by atoms with Crippen LogP contribution in [0.25, 0.3) is 11.3 Å². The van der Waals surface area contributed by atoms with Gasteiger partial charge in [-0.15, -0.1) is 0 Å². The van der Waals surface area contributed by atoms with Gasteiger partial charge in [-0.3, -0.25) is 29.3 Å². The zero-order chi connectivity index (χ0) is 28.0. The van der Waals surface area contributed by atoms with E-state index in [2.05, 4.69) is 10.5 Å². The van der Waals surface area contributed by atoms with E-state index in [0.29, 0.717) is 11.3 Å². The number of anilines is 1. The van der Waals surface area contributed by atoms with Gasteiger partial charge in [-0.05, 0) is 42.5 Å². The summed E-state index contributed by atoms with van der Waals surface area (Å²) in [5.41, 5.74) is 2.31. The monoisotopic (exact) mass is 549 g/mol. The van der Waals surface area contributed by atoms with Gasteiger partial charge in [-0.1, -0.05) is 24.3 Å². The molecule has 1 N–H and O–H groups in total. The number of hydrogen-bond donors (Lipinski definition) is 1. The van der Waals surface area contributed by atoms with Crippen LogP contribution in [0.1, 0.15) is 5.76 Å². The Morgan fingerprint density at radius 1 is 0.897 bits per heavy atom. The molecule has 39 heavy (non-hydrogen) atoms. The van der Waals surface area contributed by atoms with Gasteiger partial charge in [0.05, 0.1) is 26.6 Å². The normalized spacial score (nSPS) is 11.3. The highest BCUT2D eigenvalue weighted by molar-refractivity contribution is 7.92. The Hall–Kier alpha value is -5.37. The lowest BCUT2D eigenvalue weighted by molar-refractivity contribution is -0.385. The van der Waals surface area contributed by atoms with Crippen molar-refractivity contribution in [1.82, 2.24) is 5.43 Å². The number of amides is 1. The van der Waals surface area contributed by atoms with E-state index in [1.54, 1.807) is 18.2 Å². The molecular weight excluding hydrogens is 530 g/mol. The summed E-state index contributed by atoms with van der Waals surface area (Å²) in [6, 6.07) is 21.1. The highest BCUT2D eigenvalue weighted by atomic mass is 32.2. The number of non-ortho nitro benzene ring substituents is 2. The van der Waals surface area contributed by atoms with Gasteiger partial charge in [0.25, 0.3) is 27.3 Å². The zero-order valence-electron chi connectivity index (χ0n) is 19.9. The molecule has 0 bridgehead atoms. The number of benzene rings is 3. The number of furan rings is 1. The van der Waals surface area contributed by atoms with Crippen molar-refractivity contribution in [3.05, 3.63) is 117 Å². The summed E-state index contributed by atoms with van der Waals surface area (Å²) >= 11 is 0. The van der Waals surface area contributed by atoms with Gasteiger partial charge in [0.1, 0.15) is 18.1 Å². The first-order chi connectivity index (χ1) is 18.6. The van der Waals surface area contributed by atoms with Crippen LogP contribution in [0.2, 0.25) is 0 Å². The highest BCUT2D eigenvalue weighted by Gasteiger charge is 2.28. The van der Waals surface area contributed by atoms with Crippen molar-refractivity contribution in [3.63, 3.8) is 0 Å². The van der Waals surface area contributed by atoms with E-state index < -0.39 is 32.3 Å². The molecule has 4 rings (SSSR count). The van der Waals surface area contributed by atoms with Gasteiger partial charge in [-0.25, -0.2) is 13.8 Å². The Kier molecular flexibility index (Phi) is 7.77. The topological polar surface area (TPSA) is 178 Å². The van der Waals surface area contributed by atoms with Gasteiger partial charge in [-0.2, -0.15) is 5.10 Å². The van der Waals surface area contributed by atoms with E-state index in [-0.39, 0.29) is 27.7 Å². The lowest BCUT2D eigenvalue weighted by atomic mass is 10.1. The van der Waals surface area contributed by atoms with Crippen LogP contribution in [0, 0.1) is 20.2 Å². The summed E-state index contributed by atoms with van der Waals surface area (Å²) in [6.07, 6.45) is 1.19. The van der Waals surface area contributed by atoms with Crippen LogP contribution in [-0.4, -0.2) is 36.9 Å². The average Bonchev–Trinajstić information content (AvgIpc) is 3.41. The van der Waals surface area contributed by atoms with Crippen LogP contribution in [0.3, 0.4) is 0 Å². The Labute approximate surface area is 221 Å². The quantitative estimate of drug-likeness (QED) is 0.174. The van der Waals surface area contributed by atoms with Gasteiger partial charge < -0.3 is 4.42 Å². The van der Waals surface area contributed by atoms with E-state index in [9.17, 15) is 33.4 Å². The molecule has 0 atom stereocenters. The third kappa shape index (κ3) is 6.31. The molecule has 0 fully saturated rings. The molecule has 0 saturated carbocycles. The van der Waals surface area contributed by atoms with Crippen molar-refractivity contribution in [1.29, 1.82) is 0 Å². The molecule has 14 heteroatoms. The number of sulfonamides is 1. The number of rotatable bonds is 10. The van der Waals surface area contributed by atoms with Crippen molar-refractivity contribution in [2.75, 3.05) is 10.8 Å². The fourth-order valence-electron chi connectivity index (χ4n) is 3.45. The molecule has 0 spiro atoms. The number of nitrogens with zero attached hydrogens (tertiary/aromatic N) is 4. The van der Waals surface area contributed by atoms with E-state index in [4.69, 9.17) is 4.42 Å². The number of nitrogens with one attached hydrogen (secondary N) is 1. The zero-order valence-corrected chi connectivity index (χ0v) is 20.7. The van der Waals surface area contributed by atoms with E-state index in [1.165, 1.54) is 72.9 Å². The third-order valence-corrected chi connectivity index (χ3v) is 7.11. The predicted octanol–water partition coefficient (Wildman–Crippen LogP) is 4.11. The second kappa shape index (κ2) is 11.4. The van der Waals surface area contributed by atoms with E-state index >= 15 is 0 Å². The Bertz CT molecular complexity index is 1650. The molecule has 0 aliphatic rings. The lowest BCUT2D eigenvalue weighted by Crippen LogP contribution is -2.39. The van der Waals surface area contributed by atoms with Crippen molar-refractivity contribution >= 4 is 39.2 Å². The number of carbonyl (C=O) groups excluding carboxylic acids is 1. The predicted molar refractivity (Wildman–Crippen MR) is 141 cm³/mol. The Morgan fingerprint density at radius 3 is 2.26 bits per heavy atom. The van der Waals surface area contributed by atoms with Crippen molar-refractivity contribution < 1.29 is 27.5 Å². The van der Waals surface area contributed by atoms with Gasteiger partial charge in [0.15, 0.2) is 0 Å². The second-order valence-corrected chi connectivity index (χ2v) is 9.76. The fraction of sp³-hybridized carbons (Fsp3) is 0.0400. The summed E-state index contributed by atoms with van der Waals surface area (Å²) < 4.78 is 33.0. The molecule has 0 saturated heterocycles. The van der Waals surface area contributed by atoms with Crippen LogP contribution in [-0.2, 0) is 14.8 Å². The van der Waals surface area contributed by atoms with Crippen molar-refractivity contribution in [3.8, 4) is 11.3 Å². The SMILES string of the molecule is O=C(CN(c1cccc([N+](=O)[O-])c1)S(=O)(=O)c1ccccc1)N/N=C\c1ccc(-c2ccc([N+](=O)[O-])cc2)o1. The minimum absolute atomic E-state index is 0.0664. The first-order valence-electron chi connectivity index (χ1n) is 11.1. The van der Waals surface area contributed by atoms with Gasteiger partial charge in [0, 0.05) is 29.8 Å². The maximum absolute atomic E-state index is 13.3. The summed E-state index contributed by atoms with van der Waals surface area (Å²) in [5, 5.41) is 25.8. The Balaban J connectivity index is 1.50. The van der Waals surface area contributed by atoms with Crippen LogP contribution >= 0.6 is 0 Å². The molecule has 13 nitrogen and oxygen atoms in total. The van der Waals surface area contributed by atoms with Gasteiger partial charge >= 0.3 is 0 Å². The number of nitro groups is 2. The average molecular weight is 550 g/mol. The molecule has 1 heterocycles. The van der Waals surface area contributed by atoms with Crippen LogP contribution in [0.4, 0.5) is 17.1 Å². The van der Waals surface area contributed by atoms with E-state index in [1.807, 2.05) is 0 Å².